The van der Waals surface area contributed by atoms with Crippen LogP contribution in [0.3, 0.4) is 0 Å². The second-order valence-electron chi connectivity index (χ2n) is 11.0. The van der Waals surface area contributed by atoms with Crippen molar-refractivity contribution in [1.29, 1.82) is 0 Å². The summed E-state index contributed by atoms with van der Waals surface area (Å²) in [6.07, 6.45) is 7.42. The van der Waals surface area contributed by atoms with Gasteiger partial charge >= 0.3 is 5.97 Å². The lowest BCUT2D eigenvalue weighted by atomic mass is 9.59. The Kier molecular flexibility index (Phi) is 5.40. The number of hydrogen-bond donors (Lipinski definition) is 0. The maximum absolute atomic E-state index is 12.9. The Balaban J connectivity index is 1.29. The molecule has 3 fully saturated rings. The first-order chi connectivity index (χ1) is 14.8. The first-order valence-corrected chi connectivity index (χ1v) is 12.3. The van der Waals surface area contributed by atoms with Crippen LogP contribution in [0.1, 0.15) is 52.0 Å². The maximum atomic E-state index is 12.9. The van der Waals surface area contributed by atoms with Gasteiger partial charge in [0.25, 0.3) is 0 Å². The van der Waals surface area contributed by atoms with Crippen LogP contribution in [0.15, 0.2) is 35.9 Å². The molecular formula is C27H38N2O2. The average Bonchev–Trinajstić information content (AvgIpc) is 3.00. The molecule has 0 radical (unpaired) electrons. The van der Waals surface area contributed by atoms with E-state index in [0.717, 1.165) is 32.6 Å². The van der Waals surface area contributed by atoms with Crippen LogP contribution < -0.4 is 4.90 Å². The van der Waals surface area contributed by atoms with E-state index in [4.69, 9.17) is 4.74 Å². The molecule has 2 aliphatic heterocycles. The summed E-state index contributed by atoms with van der Waals surface area (Å²) >= 11 is 0. The third kappa shape index (κ3) is 3.82. The summed E-state index contributed by atoms with van der Waals surface area (Å²) in [6.45, 7) is 13.1. The normalized spacial score (nSPS) is 38.3. The lowest BCUT2D eigenvalue weighted by molar-refractivity contribution is -0.145. The number of carbonyl (C=O) groups excluding carboxylic acids is 1. The molecule has 1 saturated carbocycles. The molecule has 0 N–H and O–H groups in total. The van der Waals surface area contributed by atoms with Gasteiger partial charge in [0, 0.05) is 43.8 Å². The zero-order chi connectivity index (χ0) is 21.8. The molecule has 4 aliphatic rings. The Hall–Kier alpha value is -1.81. The van der Waals surface area contributed by atoms with Crippen LogP contribution in [0.25, 0.3) is 0 Å². The second-order valence-corrected chi connectivity index (χ2v) is 11.0. The highest BCUT2D eigenvalue weighted by molar-refractivity contribution is 5.76. The molecule has 4 nitrogen and oxygen atoms in total. The molecule has 2 heterocycles. The molecule has 0 spiro atoms. The van der Waals surface area contributed by atoms with Gasteiger partial charge < -0.3 is 9.64 Å². The number of fused-ring (bicyclic) bond motifs is 2. The number of hydrogen-bond acceptors (Lipinski definition) is 4. The predicted octanol–water partition coefficient (Wildman–Crippen LogP) is 4.82. The van der Waals surface area contributed by atoms with Crippen LogP contribution in [0, 0.1) is 30.1 Å². The average molecular weight is 423 g/mol. The number of anilines is 1. The van der Waals surface area contributed by atoms with Gasteiger partial charge in [0.1, 0.15) is 6.10 Å². The van der Waals surface area contributed by atoms with Gasteiger partial charge in [-0.1, -0.05) is 44.1 Å². The van der Waals surface area contributed by atoms with Gasteiger partial charge in [0.05, 0.1) is 5.92 Å². The summed E-state index contributed by atoms with van der Waals surface area (Å²) in [5.74, 6) is 0.944. The zero-order valence-electron chi connectivity index (χ0n) is 19.6. The van der Waals surface area contributed by atoms with Crippen LogP contribution in [-0.2, 0) is 9.53 Å². The molecule has 6 atom stereocenters. The van der Waals surface area contributed by atoms with Gasteiger partial charge in [-0.05, 0) is 62.1 Å². The first kappa shape index (κ1) is 21.1. The molecule has 0 amide bonds. The lowest BCUT2D eigenvalue weighted by Crippen LogP contribution is -2.53. The lowest BCUT2D eigenvalue weighted by Gasteiger charge is -2.46. The summed E-state index contributed by atoms with van der Waals surface area (Å²) in [5, 5.41) is 0. The van der Waals surface area contributed by atoms with Crippen molar-refractivity contribution >= 4 is 11.7 Å². The number of aryl methyl sites for hydroxylation is 1. The topological polar surface area (TPSA) is 32.8 Å². The Morgan fingerprint density at radius 2 is 2.06 bits per heavy atom. The van der Waals surface area contributed by atoms with Crippen molar-refractivity contribution in [3.63, 3.8) is 0 Å². The molecule has 31 heavy (non-hydrogen) atoms. The standard InChI is InChI=1S/C27H38N2O2/c1-18-7-5-9-21(13-18)29-12-11-28(16-20(29)3)17-23-22-14-24-19(2)8-6-10-27(24,4)15-25(22)31-26(23)30/h5,7,9,13-14,19-20,22-23,25H,6,8,10-12,15-17H2,1-4H3/t19-,20+,22-,23+,25+,27+/m1/s1. The Labute approximate surface area is 187 Å². The van der Waals surface area contributed by atoms with Gasteiger partial charge in [0.15, 0.2) is 0 Å². The largest absolute Gasteiger partial charge is 0.461 e. The molecule has 1 aromatic carbocycles. The summed E-state index contributed by atoms with van der Waals surface area (Å²) in [6, 6.07) is 9.24. The molecule has 168 valence electrons. The van der Waals surface area contributed by atoms with E-state index in [1.54, 1.807) is 5.57 Å². The van der Waals surface area contributed by atoms with Crippen LogP contribution in [-0.4, -0.2) is 49.2 Å². The fourth-order valence-corrected chi connectivity index (χ4v) is 6.93. The molecule has 0 unspecified atom stereocenters. The minimum Gasteiger partial charge on any atom is -0.461 e. The summed E-state index contributed by atoms with van der Waals surface area (Å²) in [5.41, 5.74) is 4.47. The second kappa shape index (κ2) is 7.95. The van der Waals surface area contributed by atoms with E-state index in [2.05, 4.69) is 67.8 Å². The SMILES string of the molecule is Cc1cccc(N2CCN(C[C@@H]3C(=O)O[C@H]4C[C@]5(C)CCC[C@@H](C)C5=C[C@@H]43)C[C@@H]2C)c1. The van der Waals surface area contributed by atoms with Crippen molar-refractivity contribution in [3.05, 3.63) is 41.5 Å². The van der Waals surface area contributed by atoms with Gasteiger partial charge in [-0.2, -0.15) is 0 Å². The highest BCUT2D eigenvalue weighted by atomic mass is 16.6. The minimum atomic E-state index is -0.00565. The van der Waals surface area contributed by atoms with Gasteiger partial charge in [-0.3, -0.25) is 9.69 Å². The molecule has 2 saturated heterocycles. The summed E-state index contributed by atoms with van der Waals surface area (Å²) < 4.78 is 5.98. The van der Waals surface area contributed by atoms with Gasteiger partial charge in [-0.25, -0.2) is 0 Å². The van der Waals surface area contributed by atoms with Crippen molar-refractivity contribution in [2.24, 2.45) is 23.2 Å². The molecular weight excluding hydrogens is 384 g/mol. The van der Waals surface area contributed by atoms with Crippen molar-refractivity contribution < 1.29 is 9.53 Å². The third-order valence-corrected chi connectivity index (χ3v) is 8.58. The smallest absolute Gasteiger partial charge is 0.311 e. The Bertz CT molecular complexity index is 880. The number of ether oxygens (including phenoxy) is 1. The van der Waals surface area contributed by atoms with E-state index in [1.165, 1.54) is 30.5 Å². The van der Waals surface area contributed by atoms with Crippen molar-refractivity contribution in [3.8, 4) is 0 Å². The highest BCUT2D eigenvalue weighted by Gasteiger charge is 2.52. The number of rotatable bonds is 3. The van der Waals surface area contributed by atoms with Crippen molar-refractivity contribution in [2.45, 2.75) is 65.5 Å². The van der Waals surface area contributed by atoms with Crippen molar-refractivity contribution in [1.82, 2.24) is 4.90 Å². The van der Waals surface area contributed by atoms with E-state index >= 15 is 0 Å². The number of benzene rings is 1. The quantitative estimate of drug-likeness (QED) is 0.516. The molecule has 1 aromatic rings. The Morgan fingerprint density at radius 1 is 1.23 bits per heavy atom. The van der Waals surface area contributed by atoms with Crippen LogP contribution in [0.5, 0.6) is 0 Å². The monoisotopic (exact) mass is 422 g/mol. The third-order valence-electron chi connectivity index (χ3n) is 8.58. The van der Waals surface area contributed by atoms with E-state index < -0.39 is 0 Å². The highest BCUT2D eigenvalue weighted by Crippen LogP contribution is 2.54. The first-order valence-electron chi connectivity index (χ1n) is 12.3. The van der Waals surface area contributed by atoms with Crippen LogP contribution >= 0.6 is 0 Å². The number of nitrogens with zero attached hydrogens (tertiary/aromatic N) is 2. The van der Waals surface area contributed by atoms with Crippen LogP contribution in [0.2, 0.25) is 0 Å². The number of esters is 1. The zero-order valence-corrected chi connectivity index (χ0v) is 19.6. The summed E-state index contributed by atoms with van der Waals surface area (Å²) in [7, 11) is 0. The minimum absolute atomic E-state index is 0.00565. The number of allylic oxidation sites excluding steroid dienone is 1. The molecule has 2 aliphatic carbocycles. The predicted molar refractivity (Wildman–Crippen MR) is 125 cm³/mol. The summed E-state index contributed by atoms with van der Waals surface area (Å²) in [4.78, 5) is 17.9. The van der Waals surface area contributed by atoms with E-state index in [9.17, 15) is 4.79 Å². The molecule has 0 aromatic heterocycles. The van der Waals surface area contributed by atoms with Crippen molar-refractivity contribution in [2.75, 3.05) is 31.1 Å². The fourth-order valence-electron chi connectivity index (χ4n) is 6.93. The maximum Gasteiger partial charge on any atom is 0.311 e. The van der Waals surface area contributed by atoms with E-state index in [0.29, 0.717) is 12.0 Å². The van der Waals surface area contributed by atoms with Gasteiger partial charge in [0.2, 0.25) is 0 Å². The molecule has 4 heteroatoms. The Morgan fingerprint density at radius 3 is 2.84 bits per heavy atom. The molecule has 5 rings (SSSR count). The van der Waals surface area contributed by atoms with E-state index in [1.807, 2.05) is 0 Å². The number of carbonyl (C=O) groups is 1. The molecule has 0 bridgehead atoms. The number of piperazine rings is 1. The van der Waals surface area contributed by atoms with Crippen LogP contribution in [0.4, 0.5) is 5.69 Å². The fraction of sp³-hybridized carbons (Fsp3) is 0.667. The van der Waals surface area contributed by atoms with Gasteiger partial charge in [-0.15, -0.1) is 0 Å². The van der Waals surface area contributed by atoms with E-state index in [-0.39, 0.29) is 29.3 Å².